The molecule has 0 saturated carbocycles. The fraction of sp³-hybridized carbons (Fsp3) is 0.875. The van der Waals surface area contributed by atoms with E-state index in [-0.39, 0.29) is 11.9 Å². The Labute approximate surface area is 82.8 Å². The van der Waals surface area contributed by atoms with Gasteiger partial charge in [0.25, 0.3) is 5.91 Å². The predicted molar refractivity (Wildman–Crippen MR) is 48.6 cm³/mol. The van der Waals surface area contributed by atoms with Gasteiger partial charge in [0.1, 0.15) is 6.04 Å². The van der Waals surface area contributed by atoms with Crippen molar-refractivity contribution in [3.63, 3.8) is 0 Å². The van der Waals surface area contributed by atoms with Gasteiger partial charge in [-0.15, -0.1) is 0 Å². The minimum atomic E-state index is -0.314. The number of carbonyl (C=O) groups excluding carboxylic acids is 1. The number of hydroxylamine groups is 1. The first-order valence-electron chi connectivity index (χ1n) is 4.56. The quantitative estimate of drug-likeness (QED) is 0.429. The summed E-state index contributed by atoms with van der Waals surface area (Å²) in [5.74, 6) is -0.208. The molecule has 2 N–H and O–H groups in total. The van der Waals surface area contributed by atoms with Crippen LogP contribution in [0.15, 0.2) is 0 Å². The first-order chi connectivity index (χ1) is 6.84. The Morgan fingerprint density at radius 3 is 3.14 bits per heavy atom. The van der Waals surface area contributed by atoms with E-state index in [9.17, 15) is 4.79 Å². The number of amides is 1. The lowest BCUT2D eigenvalue weighted by Crippen LogP contribution is -2.51. The SMILES string of the molecule is COCCONC(=O)C1COCCN1. The number of carbonyl (C=O) groups is 1. The van der Waals surface area contributed by atoms with Crippen molar-refractivity contribution < 1.29 is 19.1 Å². The van der Waals surface area contributed by atoms with Gasteiger partial charge in [0.2, 0.25) is 0 Å². The van der Waals surface area contributed by atoms with E-state index in [4.69, 9.17) is 14.3 Å². The molecular weight excluding hydrogens is 188 g/mol. The van der Waals surface area contributed by atoms with Gasteiger partial charge in [-0.05, 0) is 0 Å². The molecule has 6 nitrogen and oxygen atoms in total. The van der Waals surface area contributed by atoms with Crippen LogP contribution in [0, 0.1) is 0 Å². The highest BCUT2D eigenvalue weighted by atomic mass is 16.7. The van der Waals surface area contributed by atoms with Gasteiger partial charge in [0.05, 0.1) is 26.4 Å². The molecule has 6 heteroatoms. The third kappa shape index (κ3) is 4.01. The average molecular weight is 204 g/mol. The molecule has 0 radical (unpaired) electrons. The van der Waals surface area contributed by atoms with Crippen LogP contribution in [0.25, 0.3) is 0 Å². The molecule has 1 aliphatic heterocycles. The number of nitrogens with one attached hydrogen (secondary N) is 2. The Morgan fingerprint density at radius 2 is 2.50 bits per heavy atom. The first-order valence-corrected chi connectivity index (χ1v) is 4.56. The summed E-state index contributed by atoms with van der Waals surface area (Å²) in [5, 5.41) is 3.01. The summed E-state index contributed by atoms with van der Waals surface area (Å²) in [6.45, 7) is 2.52. The molecule has 0 bridgehead atoms. The molecule has 1 aliphatic rings. The normalized spacial score (nSPS) is 21.9. The van der Waals surface area contributed by atoms with Gasteiger partial charge in [0.15, 0.2) is 0 Å². The molecule has 1 atom stereocenters. The van der Waals surface area contributed by atoms with Crippen molar-refractivity contribution in [1.29, 1.82) is 0 Å². The summed E-state index contributed by atoms with van der Waals surface area (Å²) < 4.78 is 9.88. The van der Waals surface area contributed by atoms with Crippen LogP contribution in [-0.4, -0.2) is 52.0 Å². The van der Waals surface area contributed by atoms with Crippen LogP contribution in [0.1, 0.15) is 0 Å². The lowest BCUT2D eigenvalue weighted by atomic mass is 10.3. The molecule has 1 rings (SSSR count). The summed E-state index contributed by atoms with van der Waals surface area (Å²) in [7, 11) is 1.57. The van der Waals surface area contributed by atoms with Gasteiger partial charge in [0, 0.05) is 13.7 Å². The Morgan fingerprint density at radius 1 is 1.64 bits per heavy atom. The Kier molecular flexibility index (Phi) is 5.46. The fourth-order valence-corrected chi connectivity index (χ4v) is 1.05. The summed E-state index contributed by atoms with van der Waals surface area (Å²) in [6, 6.07) is -0.314. The molecule has 1 fully saturated rings. The van der Waals surface area contributed by atoms with E-state index >= 15 is 0 Å². The summed E-state index contributed by atoms with van der Waals surface area (Å²) in [5.41, 5.74) is 2.33. The van der Waals surface area contributed by atoms with Crippen LogP contribution in [0.3, 0.4) is 0 Å². The maximum atomic E-state index is 11.3. The van der Waals surface area contributed by atoms with E-state index in [1.165, 1.54) is 0 Å². The minimum absolute atomic E-state index is 0.208. The van der Waals surface area contributed by atoms with Crippen molar-refractivity contribution in [2.24, 2.45) is 0 Å². The molecule has 0 spiro atoms. The molecule has 1 amide bonds. The topological polar surface area (TPSA) is 68.8 Å². The number of morpholine rings is 1. The smallest absolute Gasteiger partial charge is 0.263 e. The summed E-state index contributed by atoms with van der Waals surface area (Å²) in [6.07, 6.45) is 0. The van der Waals surface area contributed by atoms with E-state index in [0.717, 1.165) is 0 Å². The molecule has 0 aromatic rings. The van der Waals surface area contributed by atoms with E-state index in [1.54, 1.807) is 7.11 Å². The van der Waals surface area contributed by atoms with Crippen molar-refractivity contribution >= 4 is 5.91 Å². The molecule has 1 unspecified atom stereocenters. The highest BCUT2D eigenvalue weighted by Gasteiger charge is 2.20. The first kappa shape index (κ1) is 11.4. The maximum absolute atomic E-state index is 11.3. The summed E-state index contributed by atoms with van der Waals surface area (Å²) >= 11 is 0. The van der Waals surface area contributed by atoms with E-state index < -0.39 is 0 Å². The molecule has 0 aromatic carbocycles. The number of rotatable bonds is 5. The van der Waals surface area contributed by atoms with Gasteiger partial charge < -0.3 is 14.8 Å². The Bertz CT molecular complexity index is 171. The van der Waals surface area contributed by atoms with Crippen LogP contribution < -0.4 is 10.8 Å². The number of hydrogen-bond acceptors (Lipinski definition) is 5. The van der Waals surface area contributed by atoms with Crippen molar-refractivity contribution in [3.05, 3.63) is 0 Å². The van der Waals surface area contributed by atoms with E-state index in [0.29, 0.717) is 33.0 Å². The van der Waals surface area contributed by atoms with Crippen LogP contribution in [0.2, 0.25) is 0 Å². The van der Waals surface area contributed by atoms with Crippen LogP contribution in [-0.2, 0) is 19.1 Å². The van der Waals surface area contributed by atoms with Crippen LogP contribution in [0.5, 0.6) is 0 Å². The average Bonchev–Trinajstić information content (AvgIpc) is 2.25. The zero-order valence-electron chi connectivity index (χ0n) is 8.25. The van der Waals surface area contributed by atoms with Gasteiger partial charge in [-0.3, -0.25) is 9.63 Å². The molecule has 82 valence electrons. The lowest BCUT2D eigenvalue weighted by molar-refractivity contribution is -0.139. The molecule has 0 aromatic heterocycles. The second kappa shape index (κ2) is 6.72. The third-order valence-corrected chi connectivity index (χ3v) is 1.80. The number of methoxy groups -OCH3 is 1. The van der Waals surface area contributed by atoms with Crippen LogP contribution in [0.4, 0.5) is 0 Å². The van der Waals surface area contributed by atoms with Crippen LogP contribution >= 0.6 is 0 Å². The Hall–Kier alpha value is -0.690. The van der Waals surface area contributed by atoms with Gasteiger partial charge in [-0.25, -0.2) is 5.48 Å². The maximum Gasteiger partial charge on any atom is 0.263 e. The molecular formula is C8H16N2O4. The highest BCUT2D eigenvalue weighted by Crippen LogP contribution is 1.92. The molecule has 0 aliphatic carbocycles. The Balaban J connectivity index is 2.07. The van der Waals surface area contributed by atoms with Crippen molar-refractivity contribution in [2.75, 3.05) is 40.1 Å². The van der Waals surface area contributed by atoms with Gasteiger partial charge >= 0.3 is 0 Å². The van der Waals surface area contributed by atoms with E-state index in [1.807, 2.05) is 0 Å². The van der Waals surface area contributed by atoms with Gasteiger partial charge in [-0.1, -0.05) is 0 Å². The number of ether oxygens (including phenoxy) is 2. The third-order valence-electron chi connectivity index (χ3n) is 1.80. The van der Waals surface area contributed by atoms with Crippen molar-refractivity contribution in [3.8, 4) is 0 Å². The second-order valence-electron chi connectivity index (χ2n) is 2.89. The van der Waals surface area contributed by atoms with Crippen molar-refractivity contribution in [2.45, 2.75) is 6.04 Å². The highest BCUT2D eigenvalue weighted by molar-refractivity contribution is 5.80. The molecule has 14 heavy (non-hydrogen) atoms. The molecule has 1 heterocycles. The zero-order chi connectivity index (χ0) is 10.2. The number of hydrogen-bond donors (Lipinski definition) is 2. The zero-order valence-corrected chi connectivity index (χ0v) is 8.25. The second-order valence-corrected chi connectivity index (χ2v) is 2.89. The standard InChI is InChI=1S/C8H16N2O4/c1-12-4-5-14-10-8(11)7-6-13-3-2-9-7/h7,9H,2-6H2,1H3,(H,10,11). The van der Waals surface area contributed by atoms with Crippen molar-refractivity contribution in [1.82, 2.24) is 10.8 Å². The van der Waals surface area contributed by atoms with Gasteiger partial charge in [-0.2, -0.15) is 0 Å². The minimum Gasteiger partial charge on any atom is -0.382 e. The monoisotopic (exact) mass is 204 g/mol. The van der Waals surface area contributed by atoms with E-state index in [2.05, 4.69) is 10.8 Å². The largest absolute Gasteiger partial charge is 0.382 e. The lowest BCUT2D eigenvalue weighted by Gasteiger charge is -2.22. The molecule has 1 saturated heterocycles. The summed E-state index contributed by atoms with van der Waals surface area (Å²) in [4.78, 5) is 16.2. The predicted octanol–water partition coefficient (Wildman–Crippen LogP) is -1.33. The fourth-order valence-electron chi connectivity index (χ4n) is 1.05.